The Kier molecular flexibility index (Phi) is 3.72. The van der Waals surface area contributed by atoms with Gasteiger partial charge in [-0.1, -0.05) is 11.2 Å². The fourth-order valence-electron chi connectivity index (χ4n) is 2.78. The fourth-order valence-corrected chi connectivity index (χ4v) is 2.78. The highest BCUT2D eigenvalue weighted by Gasteiger charge is 2.18. The van der Waals surface area contributed by atoms with E-state index in [2.05, 4.69) is 10.1 Å². The molecule has 0 aliphatic heterocycles. The lowest BCUT2D eigenvalue weighted by molar-refractivity contribution is 0.353. The van der Waals surface area contributed by atoms with E-state index in [0.717, 1.165) is 0 Å². The van der Waals surface area contributed by atoms with Crippen molar-refractivity contribution in [3.8, 4) is 34.3 Å². The Bertz CT molecular complexity index is 1160. The lowest BCUT2D eigenvalue weighted by Gasteiger charge is -2.09. The van der Waals surface area contributed by atoms with Crippen LogP contribution in [0.5, 0.6) is 11.5 Å². The molecule has 2 heterocycles. The highest BCUT2D eigenvalue weighted by Crippen LogP contribution is 2.37. The minimum absolute atomic E-state index is 0.297. The van der Waals surface area contributed by atoms with Crippen molar-refractivity contribution in [1.82, 2.24) is 14.7 Å². The standard InChI is InChI=1S/C18H15N3O5/c1-21-12-8-7-10(9-14(12)25-18(21)22)16-19-17(26-20-16)11-5-4-6-13(23-2)15(11)24-3/h4-9H,1-3H3. The van der Waals surface area contributed by atoms with Crippen LogP contribution in [0, 0.1) is 0 Å². The molecule has 2 aromatic heterocycles. The summed E-state index contributed by atoms with van der Waals surface area (Å²) in [5.41, 5.74) is 2.44. The monoisotopic (exact) mass is 353 g/mol. The number of hydrogen-bond acceptors (Lipinski definition) is 7. The van der Waals surface area contributed by atoms with Gasteiger partial charge in [0.1, 0.15) is 0 Å². The molecule has 26 heavy (non-hydrogen) atoms. The molecule has 0 fully saturated rings. The average molecular weight is 353 g/mol. The van der Waals surface area contributed by atoms with Crippen LogP contribution in [0.1, 0.15) is 0 Å². The first-order valence-corrected chi connectivity index (χ1v) is 7.77. The summed E-state index contributed by atoms with van der Waals surface area (Å²) in [5.74, 6) is 1.32. The van der Waals surface area contributed by atoms with Crippen molar-refractivity contribution in [2.75, 3.05) is 14.2 Å². The second-order valence-corrected chi connectivity index (χ2v) is 5.57. The molecule has 4 rings (SSSR count). The predicted octanol–water partition coefficient (Wildman–Crippen LogP) is 2.87. The third kappa shape index (κ3) is 2.43. The van der Waals surface area contributed by atoms with Gasteiger partial charge in [-0.2, -0.15) is 4.98 Å². The van der Waals surface area contributed by atoms with Gasteiger partial charge in [0.25, 0.3) is 5.89 Å². The van der Waals surface area contributed by atoms with E-state index in [4.69, 9.17) is 18.4 Å². The van der Waals surface area contributed by atoms with Crippen molar-refractivity contribution in [2.24, 2.45) is 7.05 Å². The first kappa shape index (κ1) is 15.9. The molecule has 0 aliphatic carbocycles. The van der Waals surface area contributed by atoms with Gasteiger partial charge in [-0.3, -0.25) is 4.57 Å². The Morgan fingerprint density at radius 2 is 1.96 bits per heavy atom. The van der Waals surface area contributed by atoms with Crippen LogP contribution >= 0.6 is 0 Å². The number of fused-ring (bicyclic) bond motifs is 1. The number of oxazole rings is 1. The molecule has 0 N–H and O–H groups in total. The van der Waals surface area contributed by atoms with E-state index in [1.54, 1.807) is 51.6 Å². The molecule has 0 radical (unpaired) electrons. The highest BCUT2D eigenvalue weighted by atomic mass is 16.5. The van der Waals surface area contributed by atoms with E-state index < -0.39 is 5.76 Å². The Balaban J connectivity index is 1.78. The quantitative estimate of drug-likeness (QED) is 0.557. The van der Waals surface area contributed by atoms with Crippen LogP contribution in [0.3, 0.4) is 0 Å². The molecule has 0 saturated carbocycles. The normalized spacial score (nSPS) is 11.0. The van der Waals surface area contributed by atoms with Crippen LogP contribution < -0.4 is 15.2 Å². The average Bonchev–Trinajstić information content (AvgIpc) is 3.26. The van der Waals surface area contributed by atoms with Crippen molar-refractivity contribution in [3.63, 3.8) is 0 Å². The van der Waals surface area contributed by atoms with Crippen LogP contribution in [0.15, 0.2) is 50.1 Å². The fraction of sp³-hybridized carbons (Fsp3) is 0.167. The van der Waals surface area contributed by atoms with Gasteiger partial charge in [-0.15, -0.1) is 0 Å². The second kappa shape index (κ2) is 6.07. The molecule has 8 nitrogen and oxygen atoms in total. The van der Waals surface area contributed by atoms with Crippen LogP contribution in [-0.4, -0.2) is 28.9 Å². The van der Waals surface area contributed by atoms with Crippen molar-refractivity contribution in [2.45, 2.75) is 0 Å². The van der Waals surface area contributed by atoms with E-state index in [9.17, 15) is 4.79 Å². The number of hydrogen-bond donors (Lipinski definition) is 0. The molecular weight excluding hydrogens is 338 g/mol. The Hall–Kier alpha value is -3.55. The number of aryl methyl sites for hydroxylation is 1. The van der Waals surface area contributed by atoms with Gasteiger partial charge in [0.15, 0.2) is 17.1 Å². The number of ether oxygens (including phenoxy) is 2. The van der Waals surface area contributed by atoms with Crippen LogP contribution in [0.25, 0.3) is 33.9 Å². The maximum atomic E-state index is 11.6. The molecule has 2 aromatic carbocycles. The maximum Gasteiger partial charge on any atom is 0.419 e. The lowest BCUT2D eigenvalue weighted by Crippen LogP contribution is -2.08. The SMILES string of the molecule is COc1cccc(-c2nc(-c3ccc4c(c3)oc(=O)n4C)no2)c1OC. The van der Waals surface area contributed by atoms with Gasteiger partial charge in [-0.05, 0) is 30.3 Å². The zero-order chi connectivity index (χ0) is 18.3. The van der Waals surface area contributed by atoms with Gasteiger partial charge in [0.2, 0.25) is 5.82 Å². The number of nitrogens with zero attached hydrogens (tertiary/aromatic N) is 3. The molecule has 4 aromatic rings. The summed E-state index contributed by atoms with van der Waals surface area (Å²) in [6.45, 7) is 0. The van der Waals surface area contributed by atoms with Gasteiger partial charge in [0, 0.05) is 12.6 Å². The van der Waals surface area contributed by atoms with Crippen LogP contribution in [-0.2, 0) is 7.05 Å². The summed E-state index contributed by atoms with van der Waals surface area (Å²) >= 11 is 0. The van der Waals surface area contributed by atoms with Gasteiger partial charge < -0.3 is 18.4 Å². The van der Waals surface area contributed by atoms with Crippen LogP contribution in [0.4, 0.5) is 0 Å². The maximum absolute atomic E-state index is 11.6. The molecule has 8 heteroatoms. The summed E-state index contributed by atoms with van der Waals surface area (Å²) in [4.78, 5) is 16.1. The number of benzene rings is 2. The third-order valence-electron chi connectivity index (χ3n) is 4.11. The molecule has 132 valence electrons. The Morgan fingerprint density at radius 3 is 2.73 bits per heavy atom. The first-order valence-electron chi connectivity index (χ1n) is 7.77. The van der Waals surface area contributed by atoms with E-state index in [-0.39, 0.29) is 0 Å². The van der Waals surface area contributed by atoms with E-state index in [1.165, 1.54) is 4.57 Å². The van der Waals surface area contributed by atoms with E-state index >= 15 is 0 Å². The van der Waals surface area contributed by atoms with Gasteiger partial charge in [-0.25, -0.2) is 4.79 Å². The summed E-state index contributed by atoms with van der Waals surface area (Å²) in [7, 11) is 4.75. The zero-order valence-electron chi connectivity index (χ0n) is 14.3. The minimum atomic E-state index is -0.424. The molecule has 0 unspecified atom stereocenters. The Morgan fingerprint density at radius 1 is 1.12 bits per heavy atom. The molecular formula is C18H15N3O5. The van der Waals surface area contributed by atoms with E-state index in [0.29, 0.717) is 45.4 Å². The lowest BCUT2D eigenvalue weighted by atomic mass is 10.1. The molecule has 0 saturated heterocycles. The molecule has 0 amide bonds. The number of para-hydroxylation sites is 1. The summed E-state index contributed by atoms with van der Waals surface area (Å²) in [6, 6.07) is 10.7. The third-order valence-corrected chi connectivity index (χ3v) is 4.11. The molecule has 0 bridgehead atoms. The number of aromatic nitrogens is 3. The summed E-state index contributed by atoms with van der Waals surface area (Å²) in [6.07, 6.45) is 0. The first-order chi connectivity index (χ1) is 12.6. The van der Waals surface area contributed by atoms with Crippen LogP contribution in [0.2, 0.25) is 0 Å². The predicted molar refractivity (Wildman–Crippen MR) is 93.3 cm³/mol. The second-order valence-electron chi connectivity index (χ2n) is 5.57. The summed E-state index contributed by atoms with van der Waals surface area (Å²) in [5, 5.41) is 4.02. The smallest absolute Gasteiger partial charge is 0.419 e. The number of methoxy groups -OCH3 is 2. The minimum Gasteiger partial charge on any atom is -0.493 e. The van der Waals surface area contributed by atoms with E-state index in [1.807, 2.05) is 6.07 Å². The largest absolute Gasteiger partial charge is 0.493 e. The molecule has 0 aliphatic rings. The zero-order valence-corrected chi connectivity index (χ0v) is 14.3. The molecule has 0 atom stereocenters. The van der Waals surface area contributed by atoms with Gasteiger partial charge >= 0.3 is 5.76 Å². The Labute approximate surface area is 147 Å². The van der Waals surface area contributed by atoms with Crippen molar-refractivity contribution in [1.29, 1.82) is 0 Å². The topological polar surface area (TPSA) is 92.5 Å². The summed E-state index contributed by atoms with van der Waals surface area (Å²) < 4.78 is 22.7. The highest BCUT2D eigenvalue weighted by molar-refractivity contribution is 5.79. The van der Waals surface area contributed by atoms with Crippen molar-refractivity contribution < 1.29 is 18.4 Å². The van der Waals surface area contributed by atoms with Crippen molar-refractivity contribution in [3.05, 3.63) is 46.9 Å². The number of rotatable bonds is 4. The van der Waals surface area contributed by atoms with Crippen molar-refractivity contribution >= 4 is 11.1 Å². The molecule has 0 spiro atoms. The van der Waals surface area contributed by atoms with Gasteiger partial charge in [0.05, 0.1) is 25.3 Å².